The summed E-state index contributed by atoms with van der Waals surface area (Å²) in [5.74, 6) is 0.496. The van der Waals surface area contributed by atoms with E-state index in [9.17, 15) is 8.78 Å². The molecule has 0 heterocycles. The van der Waals surface area contributed by atoms with Crippen LogP contribution in [0.25, 0.3) is 0 Å². The molecule has 2 rings (SSSR count). The van der Waals surface area contributed by atoms with Crippen molar-refractivity contribution in [1.82, 2.24) is 0 Å². The molecule has 4 heteroatoms. The van der Waals surface area contributed by atoms with Crippen molar-refractivity contribution in [2.45, 2.75) is 38.7 Å². The van der Waals surface area contributed by atoms with Gasteiger partial charge in [0.2, 0.25) is 0 Å². The Labute approximate surface area is 106 Å². The van der Waals surface area contributed by atoms with E-state index >= 15 is 0 Å². The Morgan fingerprint density at radius 1 is 1.28 bits per heavy atom. The lowest BCUT2D eigenvalue weighted by Crippen LogP contribution is -1.98. The fraction of sp³-hybridized carbons (Fsp3) is 0.500. The quantitative estimate of drug-likeness (QED) is 0.565. The van der Waals surface area contributed by atoms with Gasteiger partial charge in [-0.2, -0.15) is 0 Å². The molecule has 0 bridgehead atoms. The highest BCUT2D eigenvalue weighted by Crippen LogP contribution is 2.24. The fourth-order valence-electron chi connectivity index (χ4n) is 2.22. The lowest BCUT2D eigenvalue weighted by Gasteiger charge is -2.07. The summed E-state index contributed by atoms with van der Waals surface area (Å²) >= 11 is 0. The van der Waals surface area contributed by atoms with Crippen LogP contribution in [0.5, 0.6) is 0 Å². The molecule has 0 atom stereocenters. The number of alkyl halides is 2. The van der Waals surface area contributed by atoms with Crippen molar-refractivity contribution in [3.05, 3.63) is 35.4 Å². The standard InChI is InChI=1S/C14H17F2NO/c15-14(16)13-8-4-3-7-12(13)10-18-17-9-11-5-1-2-6-11/h3-4,7-9,11,14H,1-2,5-6,10H2. The maximum Gasteiger partial charge on any atom is 0.264 e. The van der Waals surface area contributed by atoms with Crippen molar-refractivity contribution in [3.8, 4) is 0 Å². The predicted molar refractivity (Wildman–Crippen MR) is 66.6 cm³/mol. The molecule has 1 fully saturated rings. The van der Waals surface area contributed by atoms with Crippen LogP contribution in [0, 0.1) is 5.92 Å². The average Bonchev–Trinajstić information content (AvgIpc) is 2.88. The average molecular weight is 253 g/mol. The molecule has 1 aromatic rings. The van der Waals surface area contributed by atoms with E-state index < -0.39 is 6.43 Å². The number of oxime groups is 1. The topological polar surface area (TPSA) is 21.6 Å². The zero-order valence-corrected chi connectivity index (χ0v) is 10.2. The van der Waals surface area contributed by atoms with Crippen LogP contribution in [0.3, 0.4) is 0 Å². The molecule has 0 aliphatic heterocycles. The van der Waals surface area contributed by atoms with Crippen molar-refractivity contribution < 1.29 is 13.6 Å². The Balaban J connectivity index is 1.86. The maximum atomic E-state index is 12.7. The molecule has 1 saturated carbocycles. The summed E-state index contributed by atoms with van der Waals surface area (Å²) in [6.45, 7) is 0.101. The summed E-state index contributed by atoms with van der Waals surface area (Å²) in [5, 5.41) is 3.88. The van der Waals surface area contributed by atoms with Crippen LogP contribution >= 0.6 is 0 Å². The van der Waals surface area contributed by atoms with Crippen LogP contribution in [0.1, 0.15) is 43.2 Å². The first-order valence-corrected chi connectivity index (χ1v) is 6.29. The Kier molecular flexibility index (Phi) is 4.67. The van der Waals surface area contributed by atoms with Crippen molar-refractivity contribution >= 4 is 6.21 Å². The summed E-state index contributed by atoms with van der Waals surface area (Å²) in [4.78, 5) is 5.11. The number of halogens is 2. The van der Waals surface area contributed by atoms with Gasteiger partial charge in [-0.05, 0) is 18.8 Å². The van der Waals surface area contributed by atoms with Gasteiger partial charge in [-0.25, -0.2) is 8.78 Å². The highest BCUT2D eigenvalue weighted by Gasteiger charge is 2.13. The minimum atomic E-state index is -2.47. The molecule has 0 spiro atoms. The van der Waals surface area contributed by atoms with Gasteiger partial charge in [0.05, 0.1) is 0 Å². The Morgan fingerprint density at radius 2 is 2.00 bits per heavy atom. The van der Waals surface area contributed by atoms with Gasteiger partial charge in [0.15, 0.2) is 0 Å². The molecule has 98 valence electrons. The van der Waals surface area contributed by atoms with Crippen molar-refractivity contribution in [2.24, 2.45) is 11.1 Å². The minimum absolute atomic E-state index is 0.0218. The largest absolute Gasteiger partial charge is 0.391 e. The van der Waals surface area contributed by atoms with Crippen molar-refractivity contribution in [1.29, 1.82) is 0 Å². The van der Waals surface area contributed by atoms with Crippen LogP contribution in [0.2, 0.25) is 0 Å². The molecule has 1 aromatic carbocycles. The molecule has 1 aliphatic rings. The molecule has 0 aromatic heterocycles. The van der Waals surface area contributed by atoms with E-state index in [1.54, 1.807) is 24.4 Å². The normalized spacial score (nSPS) is 16.8. The van der Waals surface area contributed by atoms with E-state index in [1.807, 2.05) is 0 Å². The van der Waals surface area contributed by atoms with Crippen LogP contribution in [-0.2, 0) is 11.4 Å². The Hall–Kier alpha value is -1.45. The third kappa shape index (κ3) is 3.52. The van der Waals surface area contributed by atoms with Crippen molar-refractivity contribution in [3.63, 3.8) is 0 Å². The van der Waals surface area contributed by atoms with Crippen LogP contribution in [0.15, 0.2) is 29.4 Å². The fourth-order valence-corrected chi connectivity index (χ4v) is 2.22. The second kappa shape index (κ2) is 6.47. The molecule has 0 radical (unpaired) electrons. The van der Waals surface area contributed by atoms with Crippen molar-refractivity contribution in [2.75, 3.05) is 0 Å². The van der Waals surface area contributed by atoms with Gasteiger partial charge < -0.3 is 4.84 Å². The highest BCUT2D eigenvalue weighted by atomic mass is 19.3. The maximum absolute atomic E-state index is 12.7. The molecular weight excluding hydrogens is 236 g/mol. The van der Waals surface area contributed by atoms with E-state index in [4.69, 9.17) is 4.84 Å². The first-order chi connectivity index (χ1) is 8.77. The molecule has 0 amide bonds. The number of hydrogen-bond acceptors (Lipinski definition) is 2. The summed E-state index contributed by atoms with van der Waals surface area (Å²) in [6, 6.07) is 6.40. The van der Waals surface area contributed by atoms with E-state index in [2.05, 4.69) is 5.16 Å². The van der Waals surface area contributed by atoms with Gasteiger partial charge in [-0.1, -0.05) is 42.3 Å². The molecular formula is C14H17F2NO. The number of rotatable bonds is 5. The second-order valence-electron chi connectivity index (χ2n) is 4.57. The molecule has 1 aliphatic carbocycles. The third-order valence-corrected chi connectivity index (χ3v) is 3.26. The van der Waals surface area contributed by atoms with E-state index in [1.165, 1.54) is 18.9 Å². The lowest BCUT2D eigenvalue weighted by atomic mass is 10.1. The van der Waals surface area contributed by atoms with Gasteiger partial charge in [-0.3, -0.25) is 0 Å². The molecule has 2 nitrogen and oxygen atoms in total. The summed E-state index contributed by atoms with van der Waals surface area (Å²) < 4.78 is 25.4. The molecule has 18 heavy (non-hydrogen) atoms. The summed E-state index contributed by atoms with van der Waals surface area (Å²) in [6.07, 6.45) is 4.12. The van der Waals surface area contributed by atoms with Gasteiger partial charge in [0, 0.05) is 17.3 Å². The van der Waals surface area contributed by atoms with E-state index in [-0.39, 0.29) is 12.2 Å². The second-order valence-corrected chi connectivity index (χ2v) is 4.57. The first kappa shape index (κ1) is 13.0. The van der Waals surface area contributed by atoms with Crippen LogP contribution in [0.4, 0.5) is 8.78 Å². The lowest BCUT2D eigenvalue weighted by molar-refractivity contribution is 0.119. The zero-order chi connectivity index (χ0) is 12.8. The number of nitrogens with zero attached hydrogens (tertiary/aromatic N) is 1. The summed E-state index contributed by atoms with van der Waals surface area (Å²) in [5.41, 5.74) is 0.518. The van der Waals surface area contributed by atoms with Gasteiger partial charge in [0.25, 0.3) is 6.43 Å². The highest BCUT2D eigenvalue weighted by molar-refractivity contribution is 5.60. The monoisotopic (exact) mass is 253 g/mol. The Morgan fingerprint density at radius 3 is 2.72 bits per heavy atom. The smallest absolute Gasteiger partial charge is 0.264 e. The van der Waals surface area contributed by atoms with Crippen LogP contribution < -0.4 is 0 Å². The van der Waals surface area contributed by atoms with E-state index in [0.29, 0.717) is 11.5 Å². The molecule has 0 unspecified atom stereocenters. The number of benzene rings is 1. The molecule has 0 N–H and O–H groups in total. The van der Waals surface area contributed by atoms with Gasteiger partial charge in [0.1, 0.15) is 6.61 Å². The first-order valence-electron chi connectivity index (χ1n) is 6.29. The molecule has 0 saturated heterocycles. The van der Waals surface area contributed by atoms with Gasteiger partial charge in [-0.15, -0.1) is 0 Å². The predicted octanol–water partition coefficient (Wildman–Crippen LogP) is 4.32. The minimum Gasteiger partial charge on any atom is -0.391 e. The SMILES string of the molecule is FC(F)c1ccccc1CON=CC1CCCC1. The van der Waals surface area contributed by atoms with Gasteiger partial charge >= 0.3 is 0 Å². The number of hydrogen-bond donors (Lipinski definition) is 0. The zero-order valence-electron chi connectivity index (χ0n) is 10.2. The van der Waals surface area contributed by atoms with E-state index in [0.717, 1.165) is 12.8 Å². The Bertz CT molecular complexity index is 401. The third-order valence-electron chi connectivity index (χ3n) is 3.26. The summed E-state index contributed by atoms with van der Waals surface area (Å²) in [7, 11) is 0. The van der Waals surface area contributed by atoms with Crippen LogP contribution in [-0.4, -0.2) is 6.21 Å².